The number of ketones is 1. The summed E-state index contributed by atoms with van der Waals surface area (Å²) in [5, 5.41) is 9.86. The van der Waals surface area contributed by atoms with Crippen LogP contribution in [0.3, 0.4) is 0 Å². The molecule has 0 bridgehead atoms. The molecule has 2 aliphatic rings. The molecule has 1 aromatic heterocycles. The molecule has 0 radical (unpaired) electrons. The van der Waals surface area contributed by atoms with Crippen LogP contribution in [0.4, 0.5) is 0 Å². The van der Waals surface area contributed by atoms with Crippen molar-refractivity contribution in [1.82, 2.24) is 15.5 Å². The molecule has 2 atom stereocenters. The van der Waals surface area contributed by atoms with Gasteiger partial charge in [-0.25, -0.2) is 0 Å². The first-order valence-electron chi connectivity index (χ1n) is 9.54. The lowest BCUT2D eigenvalue weighted by atomic mass is 9.75. The zero-order valence-electron chi connectivity index (χ0n) is 15.2. The molecule has 4 rings (SSSR count). The van der Waals surface area contributed by atoms with E-state index >= 15 is 0 Å². The lowest BCUT2D eigenvalue weighted by Gasteiger charge is -2.29. The summed E-state index contributed by atoms with van der Waals surface area (Å²) >= 11 is 0. The summed E-state index contributed by atoms with van der Waals surface area (Å²) in [4.78, 5) is 25.9. The summed E-state index contributed by atoms with van der Waals surface area (Å²) in [6.45, 7) is 0. The highest BCUT2D eigenvalue weighted by Gasteiger charge is 2.36. The molecule has 138 valence electrons. The highest BCUT2D eigenvalue weighted by Crippen LogP contribution is 2.33. The molecule has 2 N–H and O–H groups in total. The average molecular weight is 361 g/mol. The van der Waals surface area contributed by atoms with Gasteiger partial charge in [0.1, 0.15) is 0 Å². The Labute approximate surface area is 158 Å². The van der Waals surface area contributed by atoms with Crippen LogP contribution in [-0.4, -0.2) is 21.9 Å². The maximum atomic E-state index is 13.1. The second-order valence-electron chi connectivity index (χ2n) is 7.20. The quantitative estimate of drug-likeness (QED) is 0.790. The van der Waals surface area contributed by atoms with Crippen LogP contribution in [0.5, 0.6) is 0 Å². The minimum absolute atomic E-state index is 0.0278. The summed E-state index contributed by atoms with van der Waals surface area (Å²) in [6.07, 6.45) is 12.0. The van der Waals surface area contributed by atoms with Crippen LogP contribution in [0.15, 0.2) is 60.5 Å². The van der Waals surface area contributed by atoms with Crippen molar-refractivity contribution >= 4 is 11.7 Å². The van der Waals surface area contributed by atoms with Crippen molar-refractivity contribution in [2.45, 2.75) is 32.1 Å². The number of allylic oxidation sites excluding steroid dienone is 3. The highest BCUT2D eigenvalue weighted by atomic mass is 16.2. The Morgan fingerprint density at radius 2 is 1.81 bits per heavy atom. The molecule has 27 heavy (non-hydrogen) atoms. The first-order valence-corrected chi connectivity index (χ1v) is 9.54. The molecule has 0 spiro atoms. The topological polar surface area (TPSA) is 74.8 Å². The maximum Gasteiger partial charge on any atom is 0.228 e. The third-order valence-corrected chi connectivity index (χ3v) is 5.46. The number of carbonyl (C=O) groups is 2. The third-order valence-electron chi connectivity index (χ3n) is 5.46. The number of benzene rings is 1. The maximum absolute atomic E-state index is 13.1. The number of hydrogen-bond acceptors (Lipinski definition) is 3. The van der Waals surface area contributed by atoms with E-state index in [0.29, 0.717) is 5.56 Å². The molecular formula is C22H23N3O2. The van der Waals surface area contributed by atoms with Crippen LogP contribution < -0.4 is 5.32 Å². The van der Waals surface area contributed by atoms with Gasteiger partial charge in [-0.1, -0.05) is 49.3 Å². The number of rotatable bonds is 5. The van der Waals surface area contributed by atoms with Crippen molar-refractivity contribution in [1.29, 1.82) is 0 Å². The Balaban J connectivity index is 1.50. The van der Waals surface area contributed by atoms with E-state index in [4.69, 9.17) is 0 Å². The fraction of sp³-hybridized carbons (Fsp3) is 0.318. The zero-order chi connectivity index (χ0) is 18.6. The standard InChI is InChI=1S/C22H23N3O2/c26-21(16-11-9-15(10-12-16)20-13-14-23-25-20)18-7-3-4-8-19(18)22(27)24-17-5-1-2-6-17/h1,5-6,9-14,18-19H,2-4,7-8H2,(H,23,25)(H,24,27)/t18-,19-/m1/s1. The molecule has 0 unspecified atom stereocenters. The Kier molecular flexibility index (Phi) is 5.01. The fourth-order valence-electron chi connectivity index (χ4n) is 3.99. The van der Waals surface area contributed by atoms with Crippen molar-refractivity contribution in [3.63, 3.8) is 0 Å². The molecule has 1 heterocycles. The van der Waals surface area contributed by atoms with Gasteiger partial charge in [-0.3, -0.25) is 14.7 Å². The molecule has 5 nitrogen and oxygen atoms in total. The predicted molar refractivity (Wildman–Crippen MR) is 104 cm³/mol. The molecule has 1 aromatic carbocycles. The van der Waals surface area contributed by atoms with Gasteiger partial charge in [-0.15, -0.1) is 0 Å². The number of H-pyrrole nitrogens is 1. The van der Waals surface area contributed by atoms with Gasteiger partial charge in [0.15, 0.2) is 5.78 Å². The van der Waals surface area contributed by atoms with E-state index in [0.717, 1.165) is 49.1 Å². The van der Waals surface area contributed by atoms with Gasteiger partial charge >= 0.3 is 0 Å². The van der Waals surface area contributed by atoms with Crippen molar-refractivity contribution in [2.24, 2.45) is 11.8 Å². The number of amides is 1. The van der Waals surface area contributed by atoms with Gasteiger partial charge in [-0.05, 0) is 37.0 Å². The normalized spacial score (nSPS) is 21.7. The number of nitrogens with one attached hydrogen (secondary N) is 2. The molecule has 2 aromatic rings. The van der Waals surface area contributed by atoms with E-state index in [2.05, 4.69) is 15.5 Å². The van der Waals surface area contributed by atoms with E-state index < -0.39 is 0 Å². The molecule has 0 aliphatic heterocycles. The van der Waals surface area contributed by atoms with Crippen LogP contribution in [0, 0.1) is 11.8 Å². The number of hydrogen-bond donors (Lipinski definition) is 2. The van der Waals surface area contributed by atoms with Crippen LogP contribution in [0.2, 0.25) is 0 Å². The summed E-state index contributed by atoms with van der Waals surface area (Å²) in [6, 6.07) is 9.44. The minimum Gasteiger partial charge on any atom is -0.326 e. The molecule has 1 saturated carbocycles. The highest BCUT2D eigenvalue weighted by molar-refractivity contribution is 6.01. The minimum atomic E-state index is -0.256. The Morgan fingerprint density at radius 3 is 2.48 bits per heavy atom. The Morgan fingerprint density at radius 1 is 1.04 bits per heavy atom. The predicted octanol–water partition coefficient (Wildman–Crippen LogP) is 4.03. The summed E-state index contributed by atoms with van der Waals surface area (Å²) in [5.41, 5.74) is 3.42. The molecule has 5 heteroatoms. The molecule has 1 fully saturated rings. The monoisotopic (exact) mass is 361 g/mol. The summed E-state index contributed by atoms with van der Waals surface area (Å²) < 4.78 is 0. The second-order valence-corrected chi connectivity index (χ2v) is 7.20. The van der Waals surface area contributed by atoms with Crippen molar-refractivity contribution in [3.8, 4) is 11.3 Å². The number of aromatic amines is 1. The lowest BCUT2D eigenvalue weighted by molar-refractivity contribution is -0.126. The van der Waals surface area contributed by atoms with Gasteiger partial charge < -0.3 is 5.32 Å². The third kappa shape index (κ3) is 3.77. The summed E-state index contributed by atoms with van der Waals surface area (Å²) in [5.74, 6) is -0.460. The van der Waals surface area contributed by atoms with E-state index in [-0.39, 0.29) is 23.5 Å². The van der Waals surface area contributed by atoms with Crippen LogP contribution in [-0.2, 0) is 4.79 Å². The van der Waals surface area contributed by atoms with E-state index in [1.165, 1.54) is 0 Å². The zero-order valence-corrected chi connectivity index (χ0v) is 15.2. The van der Waals surface area contributed by atoms with Crippen molar-refractivity contribution < 1.29 is 9.59 Å². The van der Waals surface area contributed by atoms with Crippen molar-refractivity contribution in [3.05, 3.63) is 66.0 Å². The van der Waals surface area contributed by atoms with E-state index in [9.17, 15) is 9.59 Å². The smallest absolute Gasteiger partial charge is 0.228 e. The van der Waals surface area contributed by atoms with Crippen LogP contribution in [0.1, 0.15) is 42.5 Å². The Bertz CT molecular complexity index is 879. The number of Topliss-reactive ketones (excluding diaryl/α,β-unsaturated/α-hetero) is 1. The first-order chi connectivity index (χ1) is 13.2. The second kappa shape index (κ2) is 7.74. The molecule has 1 amide bonds. The molecule has 2 aliphatic carbocycles. The van der Waals surface area contributed by atoms with Crippen LogP contribution in [0.25, 0.3) is 11.3 Å². The van der Waals surface area contributed by atoms with Gasteiger partial charge in [0.25, 0.3) is 0 Å². The molecule has 0 saturated heterocycles. The molecular weight excluding hydrogens is 338 g/mol. The number of aromatic nitrogens is 2. The number of nitrogens with zero attached hydrogens (tertiary/aromatic N) is 1. The van der Waals surface area contributed by atoms with Gasteiger partial charge in [0.05, 0.1) is 5.69 Å². The van der Waals surface area contributed by atoms with Gasteiger partial charge in [0, 0.05) is 29.3 Å². The average Bonchev–Trinajstić information content (AvgIpc) is 3.42. The van der Waals surface area contributed by atoms with E-state index in [1.54, 1.807) is 6.20 Å². The first kappa shape index (κ1) is 17.5. The van der Waals surface area contributed by atoms with E-state index in [1.807, 2.05) is 48.6 Å². The largest absolute Gasteiger partial charge is 0.326 e. The van der Waals surface area contributed by atoms with Crippen LogP contribution >= 0.6 is 0 Å². The number of carbonyl (C=O) groups excluding carboxylic acids is 2. The Hall–Kier alpha value is -2.95. The van der Waals surface area contributed by atoms with Crippen molar-refractivity contribution in [2.75, 3.05) is 0 Å². The fourth-order valence-corrected chi connectivity index (χ4v) is 3.99. The van der Waals surface area contributed by atoms with Gasteiger partial charge in [-0.2, -0.15) is 5.10 Å². The SMILES string of the molecule is O=C(NC1=CCC=C1)[C@@H]1CCCC[C@H]1C(=O)c1ccc(-c2ccn[nH]2)cc1. The lowest BCUT2D eigenvalue weighted by Crippen LogP contribution is -2.39. The summed E-state index contributed by atoms with van der Waals surface area (Å²) in [7, 11) is 0. The van der Waals surface area contributed by atoms with Gasteiger partial charge in [0.2, 0.25) is 5.91 Å².